The summed E-state index contributed by atoms with van der Waals surface area (Å²) < 4.78 is 0. The first-order chi connectivity index (χ1) is 12.2. The Morgan fingerprint density at radius 3 is 2.44 bits per heavy atom. The second-order valence-corrected chi connectivity index (χ2v) is 5.46. The van der Waals surface area contributed by atoms with Crippen LogP contribution < -0.4 is 16.0 Å². The van der Waals surface area contributed by atoms with Crippen molar-refractivity contribution in [2.24, 2.45) is 0 Å². The molecule has 1 aromatic heterocycles. The number of urea groups is 1. The summed E-state index contributed by atoms with van der Waals surface area (Å²) in [6, 6.07) is 20.4. The Balaban J connectivity index is 1.46. The number of hydrogen-bond acceptors (Lipinski definition) is 3. The first-order valence-corrected chi connectivity index (χ1v) is 7.92. The Morgan fingerprint density at radius 2 is 1.60 bits per heavy atom. The predicted octanol–water partition coefficient (Wildman–Crippen LogP) is 2.67. The lowest BCUT2D eigenvalue weighted by Crippen LogP contribution is -2.39. The third kappa shape index (κ3) is 4.78. The molecule has 3 aromatic rings. The van der Waals surface area contributed by atoms with Crippen molar-refractivity contribution in [2.75, 3.05) is 11.9 Å². The Morgan fingerprint density at radius 1 is 0.840 bits per heavy atom. The number of benzene rings is 2. The van der Waals surface area contributed by atoms with Gasteiger partial charge < -0.3 is 16.0 Å². The van der Waals surface area contributed by atoms with Crippen LogP contribution in [0.15, 0.2) is 66.7 Å². The fourth-order valence-corrected chi connectivity index (χ4v) is 2.32. The highest BCUT2D eigenvalue weighted by atomic mass is 16.2. The van der Waals surface area contributed by atoms with Crippen LogP contribution in [0.3, 0.4) is 0 Å². The molecule has 6 nitrogen and oxygen atoms in total. The zero-order valence-corrected chi connectivity index (χ0v) is 13.5. The monoisotopic (exact) mass is 334 g/mol. The summed E-state index contributed by atoms with van der Waals surface area (Å²) >= 11 is 0. The highest BCUT2D eigenvalue weighted by molar-refractivity contribution is 5.94. The van der Waals surface area contributed by atoms with Crippen LogP contribution in [0, 0.1) is 0 Å². The van der Waals surface area contributed by atoms with E-state index < -0.39 is 6.03 Å². The lowest BCUT2D eigenvalue weighted by molar-refractivity contribution is -0.115. The van der Waals surface area contributed by atoms with Gasteiger partial charge in [0.1, 0.15) is 5.82 Å². The summed E-state index contributed by atoms with van der Waals surface area (Å²) in [5.74, 6) is 0.118. The van der Waals surface area contributed by atoms with E-state index in [0.717, 1.165) is 16.5 Å². The number of rotatable bonds is 5. The molecule has 3 rings (SSSR count). The van der Waals surface area contributed by atoms with Crippen molar-refractivity contribution in [3.05, 3.63) is 72.3 Å². The Hall–Kier alpha value is -3.41. The van der Waals surface area contributed by atoms with E-state index >= 15 is 0 Å². The Labute approximate surface area is 145 Å². The number of hydrogen-bond donors (Lipinski definition) is 3. The minimum atomic E-state index is -0.398. The molecule has 126 valence electrons. The highest BCUT2D eigenvalue weighted by Crippen LogP contribution is 2.14. The minimum absolute atomic E-state index is 0.130. The molecule has 0 saturated heterocycles. The van der Waals surface area contributed by atoms with Gasteiger partial charge in [-0.25, -0.2) is 9.78 Å². The zero-order valence-electron chi connectivity index (χ0n) is 13.5. The summed E-state index contributed by atoms with van der Waals surface area (Å²) in [5.41, 5.74) is 1.79. The van der Waals surface area contributed by atoms with Gasteiger partial charge in [-0.2, -0.15) is 0 Å². The molecule has 0 atom stereocenters. The van der Waals surface area contributed by atoms with Crippen LogP contribution in [-0.2, 0) is 11.3 Å². The van der Waals surface area contributed by atoms with Crippen molar-refractivity contribution in [3.8, 4) is 0 Å². The van der Waals surface area contributed by atoms with Gasteiger partial charge in [0, 0.05) is 11.9 Å². The standard InChI is InChI=1S/C19H18N4O2/c24-18(13-21-19(25)20-12-14-6-2-1-3-7-14)23-17-11-10-15-8-4-5-9-16(15)22-17/h1-11H,12-13H2,(H2,20,21,25)(H,22,23,24). The molecule has 0 aliphatic carbocycles. The molecule has 3 amide bonds. The lowest BCUT2D eigenvalue weighted by Gasteiger charge is -2.08. The summed E-state index contributed by atoms with van der Waals surface area (Å²) in [4.78, 5) is 28.0. The van der Waals surface area contributed by atoms with E-state index in [0.29, 0.717) is 12.4 Å². The number of carbonyl (C=O) groups excluding carboxylic acids is 2. The van der Waals surface area contributed by atoms with E-state index in [-0.39, 0.29) is 12.5 Å². The van der Waals surface area contributed by atoms with Crippen molar-refractivity contribution in [1.29, 1.82) is 0 Å². The lowest BCUT2D eigenvalue weighted by atomic mass is 10.2. The fourth-order valence-electron chi connectivity index (χ4n) is 2.32. The van der Waals surface area contributed by atoms with Crippen molar-refractivity contribution < 1.29 is 9.59 Å². The van der Waals surface area contributed by atoms with Gasteiger partial charge in [0.05, 0.1) is 12.1 Å². The van der Waals surface area contributed by atoms with Crippen molar-refractivity contribution >= 4 is 28.7 Å². The molecular weight excluding hydrogens is 316 g/mol. The number of para-hydroxylation sites is 1. The molecule has 0 radical (unpaired) electrons. The quantitative estimate of drug-likeness (QED) is 0.671. The minimum Gasteiger partial charge on any atom is -0.334 e. The van der Waals surface area contributed by atoms with Crippen molar-refractivity contribution in [3.63, 3.8) is 0 Å². The van der Waals surface area contributed by atoms with E-state index in [1.165, 1.54) is 0 Å². The van der Waals surface area contributed by atoms with Gasteiger partial charge in [-0.05, 0) is 23.8 Å². The molecule has 25 heavy (non-hydrogen) atoms. The number of pyridine rings is 1. The molecule has 1 heterocycles. The van der Waals surface area contributed by atoms with E-state index in [9.17, 15) is 9.59 Å². The summed E-state index contributed by atoms with van der Waals surface area (Å²) in [6.45, 7) is 0.273. The molecule has 6 heteroatoms. The third-order valence-corrected chi connectivity index (χ3v) is 3.57. The maximum absolute atomic E-state index is 11.9. The zero-order chi connectivity index (χ0) is 17.5. The van der Waals surface area contributed by atoms with Crippen LogP contribution in [0.25, 0.3) is 10.9 Å². The van der Waals surface area contributed by atoms with Crippen molar-refractivity contribution in [1.82, 2.24) is 15.6 Å². The van der Waals surface area contributed by atoms with E-state index in [4.69, 9.17) is 0 Å². The van der Waals surface area contributed by atoms with E-state index in [2.05, 4.69) is 20.9 Å². The smallest absolute Gasteiger partial charge is 0.315 e. The molecule has 0 unspecified atom stereocenters. The average molecular weight is 334 g/mol. The van der Waals surface area contributed by atoms with Crippen LogP contribution >= 0.6 is 0 Å². The maximum Gasteiger partial charge on any atom is 0.315 e. The summed E-state index contributed by atoms with van der Waals surface area (Å²) in [7, 11) is 0. The maximum atomic E-state index is 11.9. The van der Waals surface area contributed by atoms with Gasteiger partial charge in [-0.1, -0.05) is 48.5 Å². The van der Waals surface area contributed by atoms with Gasteiger partial charge in [-0.15, -0.1) is 0 Å². The molecule has 0 saturated carbocycles. The SMILES string of the molecule is O=C(CNC(=O)NCc1ccccc1)Nc1ccc2ccccc2n1. The normalized spacial score (nSPS) is 10.2. The second kappa shape index (κ2) is 7.92. The van der Waals surface area contributed by atoms with Gasteiger partial charge in [-0.3, -0.25) is 4.79 Å². The predicted molar refractivity (Wildman–Crippen MR) is 97.1 cm³/mol. The number of aromatic nitrogens is 1. The molecular formula is C19H18N4O2. The number of fused-ring (bicyclic) bond motifs is 1. The van der Waals surface area contributed by atoms with Crippen LogP contribution in [0.1, 0.15) is 5.56 Å². The molecule has 3 N–H and O–H groups in total. The Kier molecular flexibility index (Phi) is 5.21. The van der Waals surface area contributed by atoms with Crippen LogP contribution in [0.2, 0.25) is 0 Å². The largest absolute Gasteiger partial charge is 0.334 e. The summed E-state index contributed by atoms with van der Waals surface area (Å²) in [5, 5.41) is 8.89. The highest BCUT2D eigenvalue weighted by Gasteiger charge is 2.07. The number of nitrogens with zero attached hydrogens (tertiary/aromatic N) is 1. The number of nitrogens with one attached hydrogen (secondary N) is 3. The molecule has 0 aliphatic rings. The van der Waals surface area contributed by atoms with Crippen molar-refractivity contribution in [2.45, 2.75) is 6.54 Å². The van der Waals surface area contributed by atoms with Crippen LogP contribution in [-0.4, -0.2) is 23.5 Å². The fraction of sp³-hybridized carbons (Fsp3) is 0.105. The topological polar surface area (TPSA) is 83.1 Å². The van der Waals surface area contributed by atoms with E-state index in [1.807, 2.05) is 60.7 Å². The first-order valence-electron chi connectivity index (χ1n) is 7.92. The van der Waals surface area contributed by atoms with Crippen LogP contribution in [0.4, 0.5) is 10.6 Å². The Bertz CT molecular complexity index is 881. The van der Waals surface area contributed by atoms with E-state index in [1.54, 1.807) is 6.07 Å². The van der Waals surface area contributed by atoms with Gasteiger partial charge in [0.15, 0.2) is 0 Å². The number of amides is 3. The molecule has 0 spiro atoms. The molecule has 0 fully saturated rings. The van der Waals surface area contributed by atoms with Crippen LogP contribution in [0.5, 0.6) is 0 Å². The number of anilines is 1. The molecule has 2 aromatic carbocycles. The summed E-state index contributed by atoms with van der Waals surface area (Å²) in [6.07, 6.45) is 0. The second-order valence-electron chi connectivity index (χ2n) is 5.46. The van der Waals surface area contributed by atoms with Gasteiger partial charge in [0.25, 0.3) is 0 Å². The molecule has 0 bridgehead atoms. The number of carbonyl (C=O) groups is 2. The molecule has 0 aliphatic heterocycles. The average Bonchev–Trinajstić information content (AvgIpc) is 2.65. The third-order valence-electron chi connectivity index (χ3n) is 3.57. The first kappa shape index (κ1) is 16.4. The van der Waals surface area contributed by atoms with Gasteiger partial charge in [0.2, 0.25) is 5.91 Å². The van der Waals surface area contributed by atoms with Gasteiger partial charge >= 0.3 is 6.03 Å².